The van der Waals surface area contributed by atoms with Crippen LogP contribution in [-0.4, -0.2) is 11.2 Å². The van der Waals surface area contributed by atoms with Gasteiger partial charge in [-0.15, -0.1) is 23.2 Å². The van der Waals surface area contributed by atoms with Gasteiger partial charge in [0.25, 0.3) is 0 Å². The third-order valence-corrected chi connectivity index (χ3v) is 3.00. The second-order valence-electron chi connectivity index (χ2n) is 2.89. The third kappa shape index (κ3) is 2.50. The van der Waals surface area contributed by atoms with Gasteiger partial charge in [-0.25, -0.2) is 0 Å². The van der Waals surface area contributed by atoms with Crippen molar-refractivity contribution in [2.45, 2.75) is 18.2 Å². The lowest BCUT2D eigenvalue weighted by molar-refractivity contribution is 0.0990. The van der Waals surface area contributed by atoms with Crippen LogP contribution in [0.4, 0.5) is 0 Å². The molecule has 0 fully saturated rings. The summed E-state index contributed by atoms with van der Waals surface area (Å²) in [4.78, 5) is 11.7. The minimum Gasteiger partial charge on any atom is -0.292 e. The molecule has 1 rings (SSSR count). The average Bonchev–Trinajstić information content (AvgIpc) is 2.16. The summed E-state index contributed by atoms with van der Waals surface area (Å²) >= 11 is 14.8. The van der Waals surface area contributed by atoms with Crippen LogP contribution in [0.25, 0.3) is 0 Å². The number of benzene rings is 1. The van der Waals surface area contributed by atoms with Crippen molar-refractivity contribution >= 4 is 44.9 Å². The van der Waals surface area contributed by atoms with Crippen molar-refractivity contribution in [1.82, 2.24) is 0 Å². The zero-order chi connectivity index (χ0) is 10.7. The monoisotopic (exact) mass is 294 g/mol. The average molecular weight is 296 g/mol. The van der Waals surface area contributed by atoms with Crippen molar-refractivity contribution in [3.8, 4) is 0 Å². The molecule has 0 saturated heterocycles. The predicted molar refractivity (Wildman–Crippen MR) is 63.3 cm³/mol. The maximum absolute atomic E-state index is 11.7. The van der Waals surface area contributed by atoms with Crippen LogP contribution in [0.1, 0.15) is 22.8 Å². The Morgan fingerprint density at radius 2 is 2.21 bits per heavy atom. The highest BCUT2D eigenvalue weighted by molar-refractivity contribution is 9.10. The van der Waals surface area contributed by atoms with Gasteiger partial charge in [0.15, 0.2) is 5.78 Å². The molecule has 1 aromatic rings. The molecule has 0 saturated carbocycles. The van der Waals surface area contributed by atoms with Gasteiger partial charge in [-0.2, -0.15) is 0 Å². The Hall–Kier alpha value is -0.0500. The van der Waals surface area contributed by atoms with Gasteiger partial charge in [0.1, 0.15) is 0 Å². The lowest BCUT2D eigenvalue weighted by Crippen LogP contribution is -2.13. The molecule has 1 unspecified atom stereocenters. The van der Waals surface area contributed by atoms with Crippen molar-refractivity contribution in [3.05, 3.63) is 33.8 Å². The van der Waals surface area contributed by atoms with E-state index in [1.54, 1.807) is 6.92 Å². The van der Waals surface area contributed by atoms with E-state index in [-0.39, 0.29) is 5.78 Å². The van der Waals surface area contributed by atoms with Crippen LogP contribution in [0.3, 0.4) is 0 Å². The van der Waals surface area contributed by atoms with E-state index in [0.717, 1.165) is 10.0 Å². The van der Waals surface area contributed by atoms with E-state index in [4.69, 9.17) is 23.2 Å². The van der Waals surface area contributed by atoms with E-state index in [0.29, 0.717) is 11.4 Å². The van der Waals surface area contributed by atoms with Gasteiger partial charge in [-0.1, -0.05) is 28.1 Å². The number of rotatable bonds is 3. The summed E-state index contributed by atoms with van der Waals surface area (Å²) in [5, 5.41) is -0.532. The fraction of sp³-hybridized carbons (Fsp3) is 0.300. The molecule has 76 valence electrons. The van der Waals surface area contributed by atoms with E-state index >= 15 is 0 Å². The molecular weight excluding hydrogens is 287 g/mol. The Morgan fingerprint density at radius 1 is 1.57 bits per heavy atom. The Kier molecular flexibility index (Phi) is 4.42. The van der Waals surface area contributed by atoms with Crippen LogP contribution in [0.5, 0.6) is 0 Å². The molecule has 0 aliphatic rings. The molecule has 0 aliphatic carbocycles. The summed E-state index contributed by atoms with van der Waals surface area (Å²) in [6, 6.07) is 5.48. The maximum atomic E-state index is 11.7. The van der Waals surface area contributed by atoms with Crippen LogP contribution in [-0.2, 0) is 5.88 Å². The molecule has 0 bridgehead atoms. The van der Waals surface area contributed by atoms with Crippen LogP contribution in [0.15, 0.2) is 22.7 Å². The van der Waals surface area contributed by atoms with Gasteiger partial charge < -0.3 is 0 Å². The molecule has 0 amide bonds. The standard InChI is InChI=1S/C10H9BrCl2O/c1-6(13)10(14)9-7(5-12)3-2-4-8(9)11/h2-4,6H,5H2,1H3. The van der Waals surface area contributed by atoms with E-state index in [2.05, 4.69) is 15.9 Å². The van der Waals surface area contributed by atoms with Crippen LogP contribution in [0.2, 0.25) is 0 Å². The smallest absolute Gasteiger partial charge is 0.181 e. The number of Topliss-reactive ketones (excluding diaryl/α,β-unsaturated/α-hetero) is 1. The highest BCUT2D eigenvalue weighted by Gasteiger charge is 2.18. The van der Waals surface area contributed by atoms with Crippen LogP contribution >= 0.6 is 39.1 Å². The lowest BCUT2D eigenvalue weighted by Gasteiger charge is -2.09. The van der Waals surface area contributed by atoms with Gasteiger partial charge in [-0.05, 0) is 18.6 Å². The van der Waals surface area contributed by atoms with Crippen molar-refractivity contribution in [3.63, 3.8) is 0 Å². The molecular formula is C10H9BrCl2O. The molecule has 0 aromatic heterocycles. The van der Waals surface area contributed by atoms with Gasteiger partial charge in [0.05, 0.1) is 5.38 Å². The quantitative estimate of drug-likeness (QED) is 0.608. The summed E-state index contributed by atoms with van der Waals surface area (Å²) in [5.74, 6) is 0.208. The number of carbonyl (C=O) groups excluding carboxylic acids is 1. The number of hydrogen-bond acceptors (Lipinski definition) is 1. The Labute approximate surface area is 102 Å². The van der Waals surface area contributed by atoms with Gasteiger partial charge in [-0.3, -0.25) is 4.79 Å². The van der Waals surface area contributed by atoms with E-state index in [1.807, 2.05) is 18.2 Å². The van der Waals surface area contributed by atoms with Crippen molar-refractivity contribution < 1.29 is 4.79 Å². The highest BCUT2D eigenvalue weighted by atomic mass is 79.9. The summed E-state index contributed by atoms with van der Waals surface area (Å²) in [6.07, 6.45) is 0. The number of alkyl halides is 2. The molecule has 0 N–H and O–H groups in total. The highest BCUT2D eigenvalue weighted by Crippen LogP contribution is 2.24. The molecule has 4 heteroatoms. The first-order valence-electron chi connectivity index (χ1n) is 4.09. The van der Waals surface area contributed by atoms with Gasteiger partial charge in [0.2, 0.25) is 0 Å². The van der Waals surface area contributed by atoms with Crippen molar-refractivity contribution in [2.24, 2.45) is 0 Å². The molecule has 0 spiro atoms. The first-order chi connectivity index (χ1) is 6.57. The molecule has 0 aliphatic heterocycles. The second kappa shape index (κ2) is 5.15. The lowest BCUT2D eigenvalue weighted by atomic mass is 10.0. The molecule has 1 atom stereocenters. The molecule has 1 aromatic carbocycles. The normalized spacial score (nSPS) is 12.6. The molecule has 1 nitrogen and oxygen atoms in total. The topological polar surface area (TPSA) is 17.1 Å². The first-order valence-corrected chi connectivity index (χ1v) is 5.86. The molecule has 0 heterocycles. The molecule has 14 heavy (non-hydrogen) atoms. The Bertz CT molecular complexity index is 350. The summed E-state index contributed by atoms with van der Waals surface area (Å²) in [5.41, 5.74) is 1.39. The first kappa shape index (κ1) is 12.0. The Morgan fingerprint density at radius 3 is 2.71 bits per heavy atom. The fourth-order valence-corrected chi connectivity index (χ4v) is 2.09. The van der Waals surface area contributed by atoms with E-state index in [9.17, 15) is 4.79 Å². The van der Waals surface area contributed by atoms with Crippen LogP contribution in [0, 0.1) is 0 Å². The minimum atomic E-state index is -0.532. The van der Waals surface area contributed by atoms with Gasteiger partial charge >= 0.3 is 0 Å². The molecule has 0 radical (unpaired) electrons. The zero-order valence-electron chi connectivity index (χ0n) is 7.56. The predicted octanol–water partition coefficient (Wildman–Crippen LogP) is 4.00. The van der Waals surface area contributed by atoms with Gasteiger partial charge in [0, 0.05) is 15.9 Å². The largest absolute Gasteiger partial charge is 0.292 e. The second-order valence-corrected chi connectivity index (χ2v) is 4.66. The fourth-order valence-electron chi connectivity index (χ4n) is 1.15. The summed E-state index contributed by atoms with van der Waals surface area (Å²) in [7, 11) is 0. The van der Waals surface area contributed by atoms with Crippen molar-refractivity contribution in [1.29, 1.82) is 0 Å². The number of carbonyl (C=O) groups is 1. The third-order valence-electron chi connectivity index (χ3n) is 1.85. The van der Waals surface area contributed by atoms with Crippen molar-refractivity contribution in [2.75, 3.05) is 0 Å². The minimum absolute atomic E-state index is 0.102. The number of ketones is 1. The SMILES string of the molecule is CC(Cl)C(=O)c1c(Br)cccc1CCl. The Balaban J connectivity index is 3.23. The zero-order valence-corrected chi connectivity index (χ0v) is 10.7. The number of hydrogen-bond donors (Lipinski definition) is 0. The summed E-state index contributed by atoms with van der Waals surface area (Å²) < 4.78 is 0.744. The van der Waals surface area contributed by atoms with Crippen LogP contribution < -0.4 is 0 Å². The maximum Gasteiger partial charge on any atom is 0.181 e. The van der Waals surface area contributed by atoms with E-state index in [1.165, 1.54) is 0 Å². The van der Waals surface area contributed by atoms with E-state index < -0.39 is 5.38 Å². The number of halogens is 3. The summed E-state index contributed by atoms with van der Waals surface area (Å²) in [6.45, 7) is 1.65.